The third kappa shape index (κ3) is 2.46. The monoisotopic (exact) mass is 191 g/mol. The second kappa shape index (κ2) is 5.22. The Morgan fingerprint density at radius 2 is 1.71 bits per heavy atom. The van der Waals surface area contributed by atoms with E-state index in [1.807, 2.05) is 11.0 Å². The maximum atomic E-state index is 13.4. The van der Waals surface area contributed by atoms with Gasteiger partial charge in [-0.25, -0.2) is 4.39 Å². The molecule has 0 fully saturated rings. The van der Waals surface area contributed by atoms with E-state index in [1.54, 1.807) is 24.3 Å². The van der Waals surface area contributed by atoms with Gasteiger partial charge in [0.2, 0.25) is 0 Å². The molecule has 0 unspecified atom stereocenters. The van der Waals surface area contributed by atoms with Crippen molar-refractivity contribution < 1.29 is 4.39 Å². The zero-order valence-corrected chi connectivity index (χ0v) is 8.12. The zero-order valence-electron chi connectivity index (χ0n) is 8.12. The third-order valence-electron chi connectivity index (χ3n) is 1.89. The normalized spacial score (nSPS) is 9.50. The molecule has 0 N–H and O–H groups in total. The summed E-state index contributed by atoms with van der Waals surface area (Å²) in [5.41, 5.74) is 0.590. The van der Waals surface area contributed by atoms with E-state index in [0.29, 0.717) is 18.8 Å². The highest BCUT2D eigenvalue weighted by molar-refractivity contribution is 5.48. The van der Waals surface area contributed by atoms with Crippen molar-refractivity contribution in [1.82, 2.24) is 0 Å². The standard InChI is InChI=1S/C12H14FN/c1-3-9-14(10-4-2)12-8-6-5-7-11(12)13/h3-8H,1-2,9-10H2. The second-order valence-corrected chi connectivity index (χ2v) is 2.93. The predicted molar refractivity (Wildman–Crippen MR) is 59.0 cm³/mol. The molecule has 0 atom stereocenters. The van der Waals surface area contributed by atoms with Crippen molar-refractivity contribution in [2.24, 2.45) is 0 Å². The Labute approximate surface area is 84.2 Å². The van der Waals surface area contributed by atoms with Crippen LogP contribution in [0.1, 0.15) is 0 Å². The van der Waals surface area contributed by atoms with Gasteiger partial charge in [-0.1, -0.05) is 24.3 Å². The van der Waals surface area contributed by atoms with Gasteiger partial charge in [-0.2, -0.15) is 0 Å². The average Bonchev–Trinajstić information content (AvgIpc) is 2.18. The van der Waals surface area contributed by atoms with Gasteiger partial charge in [0.05, 0.1) is 5.69 Å². The summed E-state index contributed by atoms with van der Waals surface area (Å²) in [4.78, 5) is 1.87. The van der Waals surface area contributed by atoms with Gasteiger partial charge in [0, 0.05) is 13.1 Å². The van der Waals surface area contributed by atoms with Crippen LogP contribution >= 0.6 is 0 Å². The first-order chi connectivity index (χ1) is 6.79. The number of nitrogens with zero attached hydrogens (tertiary/aromatic N) is 1. The summed E-state index contributed by atoms with van der Waals surface area (Å²) >= 11 is 0. The summed E-state index contributed by atoms with van der Waals surface area (Å²) in [5, 5.41) is 0. The van der Waals surface area contributed by atoms with Crippen LogP contribution in [0, 0.1) is 5.82 Å². The number of rotatable bonds is 5. The van der Waals surface area contributed by atoms with Gasteiger partial charge < -0.3 is 4.90 Å². The quantitative estimate of drug-likeness (QED) is 0.647. The van der Waals surface area contributed by atoms with Crippen molar-refractivity contribution >= 4 is 5.69 Å². The van der Waals surface area contributed by atoms with Crippen molar-refractivity contribution in [1.29, 1.82) is 0 Å². The van der Waals surface area contributed by atoms with Crippen molar-refractivity contribution in [3.63, 3.8) is 0 Å². The van der Waals surface area contributed by atoms with Crippen LogP contribution in [0.15, 0.2) is 49.6 Å². The summed E-state index contributed by atoms with van der Waals surface area (Å²) in [7, 11) is 0. The first-order valence-electron chi connectivity index (χ1n) is 4.51. The lowest BCUT2D eigenvalue weighted by atomic mass is 10.2. The predicted octanol–water partition coefficient (Wildman–Crippen LogP) is 3.00. The van der Waals surface area contributed by atoms with E-state index in [4.69, 9.17) is 0 Å². The molecule has 0 saturated carbocycles. The molecule has 0 heterocycles. The molecule has 2 heteroatoms. The van der Waals surface area contributed by atoms with Gasteiger partial charge in [0.15, 0.2) is 0 Å². The van der Waals surface area contributed by atoms with Crippen molar-refractivity contribution in [3.8, 4) is 0 Å². The van der Waals surface area contributed by atoms with E-state index in [2.05, 4.69) is 13.2 Å². The smallest absolute Gasteiger partial charge is 0.146 e. The molecule has 0 spiro atoms. The highest BCUT2D eigenvalue weighted by atomic mass is 19.1. The lowest BCUT2D eigenvalue weighted by Crippen LogP contribution is -2.23. The number of hydrogen-bond donors (Lipinski definition) is 0. The summed E-state index contributed by atoms with van der Waals surface area (Å²) in [5.74, 6) is -0.212. The highest BCUT2D eigenvalue weighted by Crippen LogP contribution is 2.18. The first-order valence-corrected chi connectivity index (χ1v) is 4.51. The van der Waals surface area contributed by atoms with Crippen LogP contribution in [0.5, 0.6) is 0 Å². The molecular weight excluding hydrogens is 177 g/mol. The molecule has 1 nitrogen and oxygen atoms in total. The molecule has 1 aromatic rings. The largest absolute Gasteiger partial charge is 0.362 e. The van der Waals surface area contributed by atoms with E-state index >= 15 is 0 Å². The molecule has 0 amide bonds. The molecule has 0 aliphatic carbocycles. The number of para-hydroxylation sites is 1. The SMILES string of the molecule is C=CCN(CC=C)c1ccccc1F. The van der Waals surface area contributed by atoms with Crippen molar-refractivity contribution in [2.75, 3.05) is 18.0 Å². The Kier molecular flexibility index (Phi) is 3.92. The Morgan fingerprint density at radius 3 is 2.21 bits per heavy atom. The molecule has 0 aliphatic heterocycles. The van der Waals surface area contributed by atoms with E-state index in [0.717, 1.165) is 0 Å². The van der Waals surface area contributed by atoms with Gasteiger partial charge in [0.1, 0.15) is 5.82 Å². The number of benzene rings is 1. The lowest BCUT2D eigenvalue weighted by molar-refractivity contribution is 0.623. The molecule has 0 bridgehead atoms. The fourth-order valence-electron chi connectivity index (χ4n) is 1.29. The Morgan fingerprint density at radius 1 is 1.14 bits per heavy atom. The Balaban J connectivity index is 2.91. The van der Waals surface area contributed by atoms with E-state index in [-0.39, 0.29) is 5.82 Å². The van der Waals surface area contributed by atoms with Crippen molar-refractivity contribution in [2.45, 2.75) is 0 Å². The highest BCUT2D eigenvalue weighted by Gasteiger charge is 2.06. The molecule has 0 aromatic heterocycles. The molecule has 1 aromatic carbocycles. The fourth-order valence-corrected chi connectivity index (χ4v) is 1.29. The minimum atomic E-state index is -0.212. The van der Waals surface area contributed by atoms with Crippen LogP contribution in [0.2, 0.25) is 0 Å². The summed E-state index contributed by atoms with van der Waals surface area (Å²) in [6.45, 7) is 8.52. The molecule has 14 heavy (non-hydrogen) atoms. The van der Waals surface area contributed by atoms with Gasteiger partial charge >= 0.3 is 0 Å². The number of anilines is 1. The summed E-state index contributed by atoms with van der Waals surface area (Å²) in [6, 6.07) is 6.70. The summed E-state index contributed by atoms with van der Waals surface area (Å²) < 4.78 is 13.4. The van der Waals surface area contributed by atoms with Gasteiger partial charge in [-0.3, -0.25) is 0 Å². The van der Waals surface area contributed by atoms with Crippen molar-refractivity contribution in [3.05, 3.63) is 55.4 Å². The van der Waals surface area contributed by atoms with E-state index in [1.165, 1.54) is 6.07 Å². The number of hydrogen-bond acceptors (Lipinski definition) is 1. The Bertz CT molecular complexity index is 310. The fraction of sp³-hybridized carbons (Fsp3) is 0.167. The maximum Gasteiger partial charge on any atom is 0.146 e. The van der Waals surface area contributed by atoms with Crippen LogP contribution in [-0.4, -0.2) is 13.1 Å². The molecule has 1 rings (SSSR count). The molecule has 0 saturated heterocycles. The van der Waals surface area contributed by atoms with Gasteiger partial charge in [-0.15, -0.1) is 13.2 Å². The lowest BCUT2D eigenvalue weighted by Gasteiger charge is -2.21. The van der Waals surface area contributed by atoms with E-state index in [9.17, 15) is 4.39 Å². The molecule has 74 valence electrons. The second-order valence-electron chi connectivity index (χ2n) is 2.93. The molecule has 0 radical (unpaired) electrons. The van der Waals surface area contributed by atoms with E-state index < -0.39 is 0 Å². The van der Waals surface area contributed by atoms with Crippen LogP contribution in [-0.2, 0) is 0 Å². The topological polar surface area (TPSA) is 3.24 Å². The minimum Gasteiger partial charge on any atom is -0.362 e. The Hall–Kier alpha value is -1.57. The maximum absolute atomic E-state index is 13.4. The van der Waals surface area contributed by atoms with Crippen LogP contribution in [0.25, 0.3) is 0 Å². The zero-order chi connectivity index (χ0) is 10.4. The summed E-state index contributed by atoms with van der Waals surface area (Å²) in [6.07, 6.45) is 3.49. The average molecular weight is 191 g/mol. The minimum absolute atomic E-state index is 0.212. The van der Waals surface area contributed by atoms with Crippen LogP contribution < -0.4 is 4.90 Å². The first kappa shape index (κ1) is 10.5. The number of halogens is 1. The third-order valence-corrected chi connectivity index (χ3v) is 1.89. The molecule has 0 aliphatic rings. The van der Waals surface area contributed by atoms with Crippen LogP contribution in [0.4, 0.5) is 10.1 Å². The van der Waals surface area contributed by atoms with Gasteiger partial charge in [0.25, 0.3) is 0 Å². The van der Waals surface area contributed by atoms with Crippen LogP contribution in [0.3, 0.4) is 0 Å². The van der Waals surface area contributed by atoms with Gasteiger partial charge in [-0.05, 0) is 12.1 Å². The molecular formula is C12H14FN.